The maximum absolute atomic E-state index is 9.43. The summed E-state index contributed by atoms with van der Waals surface area (Å²) in [6.07, 6.45) is 10.9. The summed E-state index contributed by atoms with van der Waals surface area (Å²) in [4.78, 5) is 2.52. The minimum Gasteiger partial charge on any atom is -0.364 e. The van der Waals surface area contributed by atoms with Gasteiger partial charge in [0.15, 0.2) is 0 Å². The molecule has 0 heterocycles. The Labute approximate surface area is 165 Å². The Bertz CT molecular complexity index is 619. The molecule has 0 saturated heterocycles. The van der Waals surface area contributed by atoms with E-state index in [1.54, 1.807) is 0 Å². The van der Waals surface area contributed by atoms with Crippen molar-refractivity contribution in [3.8, 4) is 0 Å². The second-order valence-electron chi connectivity index (χ2n) is 9.66. The van der Waals surface area contributed by atoms with Gasteiger partial charge in [-0.3, -0.25) is 0 Å². The maximum atomic E-state index is 9.43. The molecule has 2 aliphatic carbocycles. The van der Waals surface area contributed by atoms with Crippen LogP contribution in [0.3, 0.4) is 0 Å². The first-order valence-electron chi connectivity index (χ1n) is 12.0. The Hall–Kier alpha value is -0.980. The molecule has 0 spiro atoms. The number of anilines is 1. The molecule has 0 amide bonds. The second kappa shape index (κ2) is 8.36. The Balaban J connectivity index is 2.24. The van der Waals surface area contributed by atoms with Crippen molar-refractivity contribution in [1.29, 1.82) is 0 Å². The van der Waals surface area contributed by atoms with E-state index in [1.165, 1.54) is 29.7 Å². The highest BCUT2D eigenvalue weighted by Crippen LogP contribution is 2.46. The summed E-state index contributed by atoms with van der Waals surface area (Å²) in [5, 5.41) is 0. The first-order valence-corrected chi connectivity index (χ1v) is 11.0. The molecule has 1 heteroatoms. The number of hydrogen-bond acceptors (Lipinski definition) is 1. The molecule has 1 aromatic carbocycles. The van der Waals surface area contributed by atoms with Crippen LogP contribution in [0, 0.1) is 0 Å². The molecule has 1 aromatic rings. The fourth-order valence-corrected chi connectivity index (χ4v) is 5.24. The van der Waals surface area contributed by atoms with Crippen molar-refractivity contribution in [1.82, 2.24) is 0 Å². The van der Waals surface area contributed by atoms with Crippen LogP contribution in [-0.2, 0) is 0 Å². The lowest BCUT2D eigenvalue weighted by molar-refractivity contribution is 0.420. The lowest BCUT2D eigenvalue weighted by Gasteiger charge is -2.45. The van der Waals surface area contributed by atoms with Gasteiger partial charge in [0.25, 0.3) is 0 Å². The monoisotopic (exact) mass is 357 g/mol. The zero-order chi connectivity index (χ0) is 20.6. The molecule has 2 aliphatic rings. The minimum absolute atomic E-state index is 0.0466. The van der Waals surface area contributed by atoms with E-state index in [0.717, 1.165) is 51.4 Å². The third-order valence-electron chi connectivity index (χ3n) is 6.19. The van der Waals surface area contributed by atoms with Crippen molar-refractivity contribution >= 4 is 5.69 Å². The molecule has 1 nitrogen and oxygen atoms in total. The van der Waals surface area contributed by atoms with Gasteiger partial charge in [-0.25, -0.2) is 0 Å². The quantitative estimate of drug-likeness (QED) is 0.531. The molecule has 0 bridgehead atoms. The van der Waals surface area contributed by atoms with Gasteiger partial charge in [-0.15, -0.1) is 0 Å². The number of nitrogens with zero attached hydrogens (tertiary/aromatic N) is 1. The SMILES string of the molecule is [2H]C1(c2cccc(C3([2H])CCCCC3)c2N(C(C)C)C(C)(C)C)CCCCC1. The average Bonchev–Trinajstić information content (AvgIpc) is 2.61. The van der Waals surface area contributed by atoms with Gasteiger partial charge in [0, 0.05) is 20.0 Å². The second-order valence-corrected chi connectivity index (χ2v) is 9.66. The molecule has 3 rings (SSSR count). The Morgan fingerprint density at radius 1 is 0.846 bits per heavy atom. The van der Waals surface area contributed by atoms with Crippen LogP contribution in [0.2, 0.25) is 0 Å². The van der Waals surface area contributed by atoms with E-state index in [4.69, 9.17) is 0 Å². The largest absolute Gasteiger partial charge is 0.364 e. The fourth-order valence-electron chi connectivity index (χ4n) is 5.24. The van der Waals surface area contributed by atoms with Crippen LogP contribution >= 0.6 is 0 Å². The van der Waals surface area contributed by atoms with Gasteiger partial charge >= 0.3 is 0 Å². The normalized spacial score (nSPS) is 24.1. The Morgan fingerprint density at radius 3 is 1.62 bits per heavy atom. The highest BCUT2D eigenvalue weighted by atomic mass is 15.2. The highest BCUT2D eigenvalue weighted by Gasteiger charge is 2.32. The summed E-state index contributed by atoms with van der Waals surface area (Å²) in [6, 6.07) is 6.90. The highest BCUT2D eigenvalue weighted by molar-refractivity contribution is 5.64. The third-order valence-corrected chi connectivity index (χ3v) is 6.19. The van der Waals surface area contributed by atoms with Gasteiger partial charge in [-0.2, -0.15) is 0 Å². The summed E-state index contributed by atoms with van der Waals surface area (Å²) in [7, 11) is 0. The van der Waals surface area contributed by atoms with E-state index >= 15 is 0 Å². The summed E-state index contributed by atoms with van der Waals surface area (Å²) in [6.45, 7) is 11.4. The van der Waals surface area contributed by atoms with Gasteiger partial charge in [0.05, 0.1) is 0 Å². The smallest absolute Gasteiger partial charge is 0.0443 e. The molecular weight excluding hydrogens is 314 g/mol. The average molecular weight is 358 g/mol. The lowest BCUT2D eigenvalue weighted by Crippen LogP contribution is -2.47. The topological polar surface area (TPSA) is 3.24 Å². The third kappa shape index (κ3) is 4.29. The molecule has 26 heavy (non-hydrogen) atoms. The van der Waals surface area contributed by atoms with Crippen LogP contribution in [-0.4, -0.2) is 11.6 Å². The molecule has 0 aliphatic heterocycles. The van der Waals surface area contributed by atoms with Gasteiger partial charge in [-0.1, -0.05) is 56.7 Å². The van der Waals surface area contributed by atoms with Crippen molar-refractivity contribution in [3.05, 3.63) is 29.3 Å². The van der Waals surface area contributed by atoms with Crippen LogP contribution in [0.1, 0.15) is 124 Å². The molecule has 2 fully saturated rings. The molecular formula is C25H41N. The molecule has 0 aromatic heterocycles. The Morgan fingerprint density at radius 2 is 1.27 bits per heavy atom. The summed E-state index contributed by atoms with van der Waals surface area (Å²) in [5.41, 5.74) is 3.55. The maximum Gasteiger partial charge on any atom is 0.0443 e. The standard InChI is InChI=1S/C25H41N/c1-19(2)26(25(3,4)5)24-22(20-13-8-6-9-14-20)17-12-18-23(24)21-15-10-7-11-16-21/h12,17-21H,6-11,13-16H2,1-5H3/i20D,21D. The van der Waals surface area contributed by atoms with E-state index in [9.17, 15) is 2.74 Å². The fraction of sp³-hybridized carbons (Fsp3) is 0.760. The van der Waals surface area contributed by atoms with E-state index < -0.39 is 11.8 Å². The Kier molecular flexibility index (Phi) is 5.51. The van der Waals surface area contributed by atoms with Crippen molar-refractivity contribution < 1.29 is 2.74 Å². The van der Waals surface area contributed by atoms with Crippen LogP contribution in [0.15, 0.2) is 18.2 Å². The van der Waals surface area contributed by atoms with Crippen LogP contribution in [0.4, 0.5) is 5.69 Å². The number of benzene rings is 1. The molecule has 0 N–H and O–H groups in total. The van der Waals surface area contributed by atoms with Crippen LogP contribution < -0.4 is 4.90 Å². The first-order chi connectivity index (χ1) is 13.1. The van der Waals surface area contributed by atoms with Gasteiger partial charge < -0.3 is 4.90 Å². The van der Waals surface area contributed by atoms with Crippen molar-refractivity contribution in [2.24, 2.45) is 0 Å². The van der Waals surface area contributed by atoms with Crippen LogP contribution in [0.5, 0.6) is 0 Å². The molecule has 0 atom stereocenters. The summed E-state index contributed by atoms with van der Waals surface area (Å²) < 4.78 is 18.9. The summed E-state index contributed by atoms with van der Waals surface area (Å²) in [5.74, 6) is -1.01. The van der Waals surface area contributed by atoms with Gasteiger partial charge in [0.1, 0.15) is 0 Å². The van der Waals surface area contributed by atoms with E-state index in [-0.39, 0.29) is 5.54 Å². The number of para-hydroxylation sites is 1. The molecule has 146 valence electrons. The van der Waals surface area contributed by atoms with Crippen molar-refractivity contribution in [2.45, 2.75) is 122 Å². The van der Waals surface area contributed by atoms with E-state index in [0.29, 0.717) is 6.04 Å². The number of rotatable bonds is 4. The zero-order valence-electron chi connectivity index (χ0n) is 19.8. The predicted molar refractivity (Wildman–Crippen MR) is 115 cm³/mol. The van der Waals surface area contributed by atoms with E-state index in [2.05, 4.69) is 57.7 Å². The number of hydrogen-bond donors (Lipinski definition) is 0. The lowest BCUT2D eigenvalue weighted by atomic mass is 9.77. The van der Waals surface area contributed by atoms with Gasteiger partial charge in [-0.05, 0) is 83.2 Å². The molecule has 0 unspecified atom stereocenters. The van der Waals surface area contributed by atoms with Crippen molar-refractivity contribution in [2.75, 3.05) is 4.90 Å². The molecule has 0 radical (unpaired) electrons. The predicted octanol–water partition coefficient (Wildman–Crippen LogP) is 7.80. The first kappa shape index (κ1) is 17.1. The van der Waals surface area contributed by atoms with Gasteiger partial charge in [0.2, 0.25) is 0 Å². The molecule has 2 saturated carbocycles. The van der Waals surface area contributed by atoms with Crippen molar-refractivity contribution in [3.63, 3.8) is 0 Å². The van der Waals surface area contributed by atoms with Crippen LogP contribution in [0.25, 0.3) is 0 Å². The minimum atomic E-state index is -0.507. The zero-order valence-corrected chi connectivity index (χ0v) is 17.8. The van der Waals surface area contributed by atoms with E-state index in [1.807, 2.05) is 0 Å². The summed E-state index contributed by atoms with van der Waals surface area (Å²) >= 11 is 0.